The van der Waals surface area contributed by atoms with Gasteiger partial charge in [0.2, 0.25) is 0 Å². The maximum Gasteiger partial charge on any atom is 0.151 e. The topological polar surface area (TPSA) is 57.9 Å². The highest BCUT2D eigenvalue weighted by Crippen LogP contribution is 2.13. The van der Waals surface area contributed by atoms with Crippen molar-refractivity contribution in [2.24, 2.45) is 0 Å². The Labute approximate surface area is 89.6 Å². The number of allylic oxidation sites excluding steroid dienone is 1. The van der Waals surface area contributed by atoms with Gasteiger partial charge in [0.05, 0.1) is 11.8 Å². The highest BCUT2D eigenvalue weighted by molar-refractivity contribution is 7.89. The first-order valence-electron chi connectivity index (χ1n) is 4.35. The normalized spacial score (nSPS) is 11.5. The summed E-state index contributed by atoms with van der Waals surface area (Å²) in [4.78, 5) is 0. The third kappa shape index (κ3) is 3.96. The largest absolute Gasteiger partial charge is 0.229 e. The molecule has 1 aromatic carbocycles. The smallest absolute Gasteiger partial charge is 0.151 e. The number of sulfone groups is 1. The van der Waals surface area contributed by atoms with E-state index in [9.17, 15) is 8.42 Å². The second-order valence-electron chi connectivity index (χ2n) is 3.23. The number of hydrogen-bond acceptors (Lipinski definition) is 3. The molecule has 1 rings (SSSR count). The lowest BCUT2D eigenvalue weighted by atomic mass is 10.1. The van der Waals surface area contributed by atoms with Crippen LogP contribution in [0.4, 0.5) is 0 Å². The molecule has 0 aliphatic heterocycles. The minimum atomic E-state index is -3.04. The Hall–Kier alpha value is -1.60. The first-order chi connectivity index (χ1) is 7.03. The average molecular weight is 221 g/mol. The summed E-state index contributed by atoms with van der Waals surface area (Å²) in [6, 6.07) is 9.00. The van der Waals surface area contributed by atoms with E-state index in [1.807, 2.05) is 12.1 Å². The molecule has 0 atom stereocenters. The number of nitriles is 1. The van der Waals surface area contributed by atoms with E-state index in [0.717, 1.165) is 5.56 Å². The van der Waals surface area contributed by atoms with Gasteiger partial charge in [0.15, 0.2) is 9.84 Å². The lowest BCUT2D eigenvalue weighted by Gasteiger charge is -2.03. The Bertz CT molecular complexity index is 510. The maximum absolute atomic E-state index is 11.1. The molecule has 4 heteroatoms. The molecule has 0 amide bonds. The van der Waals surface area contributed by atoms with Crippen LogP contribution in [0.3, 0.4) is 0 Å². The Balaban J connectivity index is 3.08. The van der Waals surface area contributed by atoms with Crippen LogP contribution in [0.1, 0.15) is 11.1 Å². The SMILES string of the molecule is CS(=O)(=O)Cc1ccccc1C=CC#N. The van der Waals surface area contributed by atoms with Gasteiger partial charge in [-0.2, -0.15) is 5.26 Å². The summed E-state index contributed by atoms with van der Waals surface area (Å²) < 4.78 is 22.3. The van der Waals surface area contributed by atoms with E-state index in [-0.39, 0.29) is 5.75 Å². The van der Waals surface area contributed by atoms with Crippen LogP contribution < -0.4 is 0 Å². The van der Waals surface area contributed by atoms with E-state index in [0.29, 0.717) is 5.56 Å². The van der Waals surface area contributed by atoms with Crippen molar-refractivity contribution >= 4 is 15.9 Å². The van der Waals surface area contributed by atoms with Crippen LogP contribution >= 0.6 is 0 Å². The molecule has 0 saturated carbocycles. The van der Waals surface area contributed by atoms with Crippen LogP contribution in [0.5, 0.6) is 0 Å². The molecule has 78 valence electrons. The van der Waals surface area contributed by atoms with Crippen molar-refractivity contribution in [3.05, 3.63) is 41.5 Å². The second kappa shape index (κ2) is 4.76. The summed E-state index contributed by atoms with van der Waals surface area (Å²) in [5, 5.41) is 8.40. The third-order valence-electron chi connectivity index (χ3n) is 1.81. The van der Waals surface area contributed by atoms with Gasteiger partial charge in [-0.15, -0.1) is 0 Å². The minimum Gasteiger partial charge on any atom is -0.229 e. The summed E-state index contributed by atoms with van der Waals surface area (Å²) in [6.07, 6.45) is 4.14. The van der Waals surface area contributed by atoms with Crippen molar-refractivity contribution in [2.75, 3.05) is 6.26 Å². The monoisotopic (exact) mass is 221 g/mol. The van der Waals surface area contributed by atoms with Crippen LogP contribution in [-0.2, 0) is 15.6 Å². The molecule has 0 N–H and O–H groups in total. The molecule has 1 aromatic rings. The van der Waals surface area contributed by atoms with Crippen molar-refractivity contribution in [3.8, 4) is 6.07 Å². The lowest BCUT2D eigenvalue weighted by Crippen LogP contribution is -2.02. The second-order valence-corrected chi connectivity index (χ2v) is 5.37. The van der Waals surface area contributed by atoms with Gasteiger partial charge in [-0.05, 0) is 17.2 Å². The lowest BCUT2D eigenvalue weighted by molar-refractivity contribution is 0.601. The fraction of sp³-hybridized carbons (Fsp3) is 0.182. The van der Waals surface area contributed by atoms with E-state index in [2.05, 4.69) is 0 Å². The Morgan fingerprint density at radius 3 is 2.67 bits per heavy atom. The predicted molar refractivity (Wildman–Crippen MR) is 59.6 cm³/mol. The fourth-order valence-electron chi connectivity index (χ4n) is 1.24. The molecule has 0 unspecified atom stereocenters. The van der Waals surface area contributed by atoms with E-state index in [4.69, 9.17) is 5.26 Å². The molecule has 0 aromatic heterocycles. The van der Waals surface area contributed by atoms with Gasteiger partial charge in [-0.25, -0.2) is 8.42 Å². The zero-order valence-electron chi connectivity index (χ0n) is 8.34. The molecule has 0 aliphatic rings. The number of benzene rings is 1. The molecule has 3 nitrogen and oxygen atoms in total. The standard InChI is InChI=1S/C11H11NO2S/c1-15(13,14)9-11-6-3-2-5-10(11)7-4-8-12/h2-7H,9H2,1H3. The molecule has 0 bridgehead atoms. The van der Waals surface area contributed by atoms with Gasteiger partial charge in [0.25, 0.3) is 0 Å². The summed E-state index contributed by atoms with van der Waals surface area (Å²) in [7, 11) is -3.04. The van der Waals surface area contributed by atoms with Gasteiger partial charge < -0.3 is 0 Å². The number of rotatable bonds is 3. The molecule has 0 aliphatic carbocycles. The molecule has 0 heterocycles. The molecular formula is C11H11NO2S. The number of hydrogen-bond donors (Lipinski definition) is 0. The molecule has 0 spiro atoms. The molecule has 15 heavy (non-hydrogen) atoms. The van der Waals surface area contributed by atoms with Gasteiger partial charge in [0, 0.05) is 12.3 Å². The first kappa shape index (κ1) is 11.5. The zero-order valence-corrected chi connectivity index (χ0v) is 9.16. The zero-order chi connectivity index (χ0) is 11.3. The van der Waals surface area contributed by atoms with Crippen molar-refractivity contribution in [3.63, 3.8) is 0 Å². The molecule has 0 radical (unpaired) electrons. The fourth-order valence-corrected chi connectivity index (χ4v) is 2.07. The third-order valence-corrected chi connectivity index (χ3v) is 2.65. The Morgan fingerprint density at radius 2 is 2.07 bits per heavy atom. The first-order valence-corrected chi connectivity index (χ1v) is 6.41. The minimum absolute atomic E-state index is 0.00105. The Morgan fingerprint density at radius 1 is 1.40 bits per heavy atom. The van der Waals surface area contributed by atoms with Crippen molar-refractivity contribution in [2.45, 2.75) is 5.75 Å². The van der Waals surface area contributed by atoms with Crippen LogP contribution in [0.15, 0.2) is 30.3 Å². The van der Waals surface area contributed by atoms with Gasteiger partial charge in [-0.3, -0.25) is 0 Å². The van der Waals surface area contributed by atoms with Gasteiger partial charge >= 0.3 is 0 Å². The van der Waals surface area contributed by atoms with Crippen LogP contribution in [0.2, 0.25) is 0 Å². The predicted octanol–water partition coefficient (Wildman–Crippen LogP) is 1.77. The van der Waals surface area contributed by atoms with E-state index in [1.54, 1.807) is 24.3 Å². The van der Waals surface area contributed by atoms with Gasteiger partial charge in [0.1, 0.15) is 0 Å². The van der Waals surface area contributed by atoms with Crippen LogP contribution in [-0.4, -0.2) is 14.7 Å². The number of nitrogens with zero attached hydrogens (tertiary/aromatic N) is 1. The summed E-state index contributed by atoms with van der Waals surface area (Å²) in [5.41, 5.74) is 1.48. The average Bonchev–Trinajstić information content (AvgIpc) is 2.14. The summed E-state index contributed by atoms with van der Waals surface area (Å²) >= 11 is 0. The summed E-state index contributed by atoms with van der Waals surface area (Å²) in [6.45, 7) is 0. The summed E-state index contributed by atoms with van der Waals surface area (Å²) in [5.74, 6) is -0.00105. The van der Waals surface area contributed by atoms with E-state index in [1.165, 1.54) is 12.3 Å². The van der Waals surface area contributed by atoms with Gasteiger partial charge in [-0.1, -0.05) is 24.3 Å². The molecular weight excluding hydrogens is 210 g/mol. The quantitative estimate of drug-likeness (QED) is 0.731. The van der Waals surface area contributed by atoms with E-state index < -0.39 is 9.84 Å². The van der Waals surface area contributed by atoms with Crippen molar-refractivity contribution in [1.29, 1.82) is 5.26 Å². The van der Waals surface area contributed by atoms with Crippen molar-refractivity contribution < 1.29 is 8.42 Å². The molecule has 0 fully saturated rings. The molecule has 0 saturated heterocycles. The Kier molecular flexibility index (Phi) is 3.64. The van der Waals surface area contributed by atoms with Crippen LogP contribution in [0, 0.1) is 11.3 Å². The van der Waals surface area contributed by atoms with Crippen molar-refractivity contribution in [1.82, 2.24) is 0 Å². The van der Waals surface area contributed by atoms with E-state index >= 15 is 0 Å². The highest BCUT2D eigenvalue weighted by Gasteiger charge is 2.06. The maximum atomic E-state index is 11.1. The highest BCUT2D eigenvalue weighted by atomic mass is 32.2. The van der Waals surface area contributed by atoms with Crippen LogP contribution in [0.25, 0.3) is 6.08 Å².